The van der Waals surface area contributed by atoms with Crippen LogP contribution >= 0.6 is 15.9 Å². The molecule has 1 aliphatic heterocycles. The van der Waals surface area contributed by atoms with Crippen LogP contribution in [0, 0.1) is 17.1 Å². The molecule has 1 aliphatic rings. The van der Waals surface area contributed by atoms with Crippen molar-refractivity contribution in [2.45, 2.75) is 13.3 Å². The molecule has 5 heteroatoms. The topological polar surface area (TPSA) is 30.3 Å². The molecule has 3 nitrogen and oxygen atoms in total. The smallest absolute Gasteiger partial charge is 0.161 e. The average Bonchev–Trinajstić information content (AvgIpc) is 2.43. The summed E-state index contributed by atoms with van der Waals surface area (Å²) in [6, 6.07) is 5.35. The SMILES string of the molecule is CCCN1CCN(c2ccc(C#N)c(Br)c2F)CC1. The summed E-state index contributed by atoms with van der Waals surface area (Å²) in [4.78, 5) is 4.44. The Morgan fingerprint density at radius 1 is 1.32 bits per heavy atom. The molecule has 19 heavy (non-hydrogen) atoms. The minimum absolute atomic E-state index is 0.267. The maximum Gasteiger partial charge on any atom is 0.161 e. The number of anilines is 1. The predicted octanol–water partition coefficient (Wildman–Crippen LogP) is 2.99. The molecule has 1 aromatic rings. The van der Waals surface area contributed by atoms with E-state index in [0.29, 0.717) is 11.3 Å². The van der Waals surface area contributed by atoms with Crippen LogP contribution < -0.4 is 4.90 Å². The Balaban J connectivity index is 2.12. The Morgan fingerprint density at radius 2 is 2.00 bits per heavy atom. The Hall–Kier alpha value is -1.12. The van der Waals surface area contributed by atoms with E-state index >= 15 is 0 Å². The first kappa shape index (κ1) is 14.3. The van der Waals surface area contributed by atoms with Gasteiger partial charge in [-0.3, -0.25) is 4.90 Å². The summed E-state index contributed by atoms with van der Waals surface area (Å²) in [5.41, 5.74) is 0.924. The van der Waals surface area contributed by atoms with Crippen LogP contribution in [-0.2, 0) is 0 Å². The minimum Gasteiger partial charge on any atom is -0.367 e. The van der Waals surface area contributed by atoms with E-state index in [0.717, 1.165) is 39.1 Å². The maximum absolute atomic E-state index is 14.2. The summed E-state index contributed by atoms with van der Waals surface area (Å²) in [5, 5.41) is 8.87. The van der Waals surface area contributed by atoms with Crippen molar-refractivity contribution in [3.05, 3.63) is 28.0 Å². The van der Waals surface area contributed by atoms with Gasteiger partial charge in [-0.15, -0.1) is 0 Å². The Kier molecular flexibility index (Phi) is 4.78. The van der Waals surface area contributed by atoms with Gasteiger partial charge < -0.3 is 4.90 Å². The van der Waals surface area contributed by atoms with Crippen molar-refractivity contribution in [1.29, 1.82) is 5.26 Å². The zero-order valence-corrected chi connectivity index (χ0v) is 12.6. The number of benzene rings is 1. The minimum atomic E-state index is -0.331. The van der Waals surface area contributed by atoms with Crippen LogP contribution in [0.25, 0.3) is 0 Å². The molecule has 0 aromatic heterocycles. The van der Waals surface area contributed by atoms with E-state index < -0.39 is 0 Å². The van der Waals surface area contributed by atoms with E-state index in [1.165, 1.54) is 0 Å². The third kappa shape index (κ3) is 3.07. The molecule has 102 valence electrons. The molecule has 0 aliphatic carbocycles. The fourth-order valence-electron chi connectivity index (χ4n) is 2.40. The summed E-state index contributed by atoms with van der Waals surface area (Å²) in [5.74, 6) is -0.331. The number of piperazine rings is 1. The standard InChI is InChI=1S/C14H17BrFN3/c1-2-5-18-6-8-19(9-7-18)12-4-3-11(10-17)13(15)14(12)16/h3-4H,2,5-9H2,1H3. The molecular formula is C14H17BrFN3. The summed E-state index contributed by atoms with van der Waals surface area (Å²) in [7, 11) is 0. The van der Waals surface area contributed by atoms with Gasteiger partial charge in [-0.2, -0.15) is 5.26 Å². The first-order valence-electron chi connectivity index (χ1n) is 6.52. The molecule has 1 heterocycles. The van der Waals surface area contributed by atoms with Crippen LogP contribution in [0.1, 0.15) is 18.9 Å². The quantitative estimate of drug-likeness (QED) is 0.855. The van der Waals surface area contributed by atoms with E-state index in [2.05, 4.69) is 27.8 Å². The molecule has 0 saturated carbocycles. The lowest BCUT2D eigenvalue weighted by Crippen LogP contribution is -2.46. The molecule has 1 saturated heterocycles. The largest absolute Gasteiger partial charge is 0.367 e. The Morgan fingerprint density at radius 3 is 2.58 bits per heavy atom. The predicted molar refractivity (Wildman–Crippen MR) is 77.8 cm³/mol. The molecule has 0 bridgehead atoms. The molecule has 1 aromatic carbocycles. The highest BCUT2D eigenvalue weighted by molar-refractivity contribution is 9.10. The number of hydrogen-bond acceptors (Lipinski definition) is 3. The summed E-state index contributed by atoms with van der Waals surface area (Å²) < 4.78 is 14.5. The van der Waals surface area contributed by atoms with Gasteiger partial charge in [-0.05, 0) is 41.0 Å². The van der Waals surface area contributed by atoms with Crippen LogP contribution in [0.3, 0.4) is 0 Å². The van der Waals surface area contributed by atoms with Crippen molar-refractivity contribution in [2.24, 2.45) is 0 Å². The van der Waals surface area contributed by atoms with Crippen molar-refractivity contribution in [3.8, 4) is 6.07 Å². The first-order valence-corrected chi connectivity index (χ1v) is 7.32. The molecule has 0 unspecified atom stereocenters. The van der Waals surface area contributed by atoms with Crippen molar-refractivity contribution in [3.63, 3.8) is 0 Å². The van der Waals surface area contributed by atoms with Gasteiger partial charge in [0, 0.05) is 26.2 Å². The lowest BCUT2D eigenvalue weighted by molar-refractivity contribution is 0.258. The van der Waals surface area contributed by atoms with Crippen LogP contribution in [0.2, 0.25) is 0 Å². The molecule has 0 radical (unpaired) electrons. The molecule has 0 atom stereocenters. The van der Waals surface area contributed by atoms with Crippen molar-refractivity contribution in [1.82, 2.24) is 4.90 Å². The second-order valence-electron chi connectivity index (χ2n) is 4.70. The normalized spacial score (nSPS) is 16.4. The van der Waals surface area contributed by atoms with Gasteiger partial charge in [0.15, 0.2) is 5.82 Å². The second-order valence-corrected chi connectivity index (χ2v) is 5.49. The van der Waals surface area contributed by atoms with Gasteiger partial charge in [0.05, 0.1) is 15.7 Å². The van der Waals surface area contributed by atoms with Gasteiger partial charge >= 0.3 is 0 Å². The van der Waals surface area contributed by atoms with E-state index in [-0.39, 0.29) is 10.3 Å². The third-order valence-corrected chi connectivity index (χ3v) is 4.21. The van der Waals surface area contributed by atoms with E-state index in [1.807, 2.05) is 11.0 Å². The Bertz CT molecular complexity index is 490. The van der Waals surface area contributed by atoms with E-state index in [4.69, 9.17) is 5.26 Å². The zero-order chi connectivity index (χ0) is 13.8. The highest BCUT2D eigenvalue weighted by Crippen LogP contribution is 2.29. The highest BCUT2D eigenvalue weighted by Gasteiger charge is 2.21. The van der Waals surface area contributed by atoms with Gasteiger partial charge in [0.2, 0.25) is 0 Å². The number of hydrogen-bond donors (Lipinski definition) is 0. The molecule has 0 N–H and O–H groups in total. The number of nitrogens with zero attached hydrogens (tertiary/aromatic N) is 3. The van der Waals surface area contributed by atoms with E-state index in [9.17, 15) is 4.39 Å². The molecular weight excluding hydrogens is 309 g/mol. The molecule has 2 rings (SSSR count). The lowest BCUT2D eigenvalue weighted by atomic mass is 10.1. The number of halogens is 2. The van der Waals surface area contributed by atoms with E-state index in [1.54, 1.807) is 12.1 Å². The van der Waals surface area contributed by atoms with Gasteiger partial charge in [-0.25, -0.2) is 4.39 Å². The van der Waals surface area contributed by atoms with Gasteiger partial charge in [0.25, 0.3) is 0 Å². The Labute approximate surface area is 121 Å². The van der Waals surface area contributed by atoms with Crippen molar-refractivity contribution < 1.29 is 4.39 Å². The molecule has 0 spiro atoms. The fraction of sp³-hybridized carbons (Fsp3) is 0.500. The highest BCUT2D eigenvalue weighted by atomic mass is 79.9. The van der Waals surface area contributed by atoms with Gasteiger partial charge in [0.1, 0.15) is 6.07 Å². The van der Waals surface area contributed by atoms with Crippen molar-refractivity contribution in [2.75, 3.05) is 37.6 Å². The number of rotatable bonds is 3. The summed E-state index contributed by atoms with van der Waals surface area (Å²) in [6.45, 7) is 6.86. The first-order chi connectivity index (χ1) is 9.17. The van der Waals surface area contributed by atoms with Crippen LogP contribution in [0.5, 0.6) is 0 Å². The monoisotopic (exact) mass is 325 g/mol. The summed E-state index contributed by atoms with van der Waals surface area (Å²) in [6.07, 6.45) is 1.15. The lowest BCUT2D eigenvalue weighted by Gasteiger charge is -2.36. The van der Waals surface area contributed by atoms with Crippen LogP contribution in [0.4, 0.5) is 10.1 Å². The third-order valence-electron chi connectivity index (χ3n) is 3.44. The molecule has 0 amide bonds. The second kappa shape index (κ2) is 6.36. The maximum atomic E-state index is 14.2. The van der Waals surface area contributed by atoms with Crippen molar-refractivity contribution >= 4 is 21.6 Å². The number of nitriles is 1. The average molecular weight is 326 g/mol. The summed E-state index contributed by atoms with van der Waals surface area (Å²) >= 11 is 3.16. The fourth-order valence-corrected chi connectivity index (χ4v) is 2.82. The van der Waals surface area contributed by atoms with Crippen LogP contribution in [-0.4, -0.2) is 37.6 Å². The van der Waals surface area contributed by atoms with Gasteiger partial charge in [-0.1, -0.05) is 6.92 Å². The molecule has 1 fully saturated rings. The van der Waals surface area contributed by atoms with Crippen LogP contribution in [0.15, 0.2) is 16.6 Å². The zero-order valence-electron chi connectivity index (χ0n) is 11.0.